The largest absolute Gasteiger partial charge is 0.468 e. The summed E-state index contributed by atoms with van der Waals surface area (Å²) >= 11 is 0. The number of ether oxygens (including phenoxy) is 1. The van der Waals surface area contributed by atoms with E-state index in [0.29, 0.717) is 11.5 Å². The zero-order valence-electron chi connectivity index (χ0n) is 12.9. The Balaban J connectivity index is 2.01. The van der Waals surface area contributed by atoms with Crippen molar-refractivity contribution >= 4 is 11.8 Å². The molecule has 2 rings (SSSR count). The van der Waals surface area contributed by atoms with Gasteiger partial charge in [-0.05, 0) is 24.3 Å². The molecular weight excluding hydrogens is 278 g/mol. The van der Waals surface area contributed by atoms with Crippen LogP contribution < -0.4 is 0 Å². The number of Topliss-reactive ketones (excluding diaryl/α,β-unsaturated/α-hetero) is 1. The number of hydrogen-bond acceptors (Lipinski definition) is 4. The van der Waals surface area contributed by atoms with Crippen LogP contribution in [0, 0.1) is 17.2 Å². The summed E-state index contributed by atoms with van der Waals surface area (Å²) in [6.07, 6.45) is 6.16. The quantitative estimate of drug-likeness (QED) is 0.615. The van der Waals surface area contributed by atoms with E-state index < -0.39 is 11.9 Å². The molecule has 1 atom stereocenters. The molecule has 0 N–H and O–H groups in total. The van der Waals surface area contributed by atoms with E-state index in [-0.39, 0.29) is 12.2 Å². The molecule has 0 heterocycles. The Bertz CT molecular complexity index is 565. The zero-order valence-corrected chi connectivity index (χ0v) is 12.9. The Labute approximate surface area is 131 Å². The highest BCUT2D eigenvalue weighted by molar-refractivity contribution is 5.98. The third-order valence-corrected chi connectivity index (χ3v) is 4.34. The lowest BCUT2D eigenvalue weighted by atomic mass is 9.83. The highest BCUT2D eigenvalue weighted by Gasteiger charge is 2.23. The van der Waals surface area contributed by atoms with Crippen molar-refractivity contribution in [3.63, 3.8) is 0 Å². The van der Waals surface area contributed by atoms with Gasteiger partial charge in [-0.15, -0.1) is 0 Å². The number of benzene rings is 1. The molecular formula is C18H21NO3. The molecule has 0 bridgehead atoms. The van der Waals surface area contributed by atoms with Crippen molar-refractivity contribution in [2.45, 2.75) is 44.4 Å². The first-order chi connectivity index (χ1) is 10.7. The summed E-state index contributed by atoms with van der Waals surface area (Å²) in [5.41, 5.74) is 1.82. The molecule has 0 aromatic heterocycles. The van der Waals surface area contributed by atoms with Gasteiger partial charge in [0.15, 0.2) is 11.7 Å². The van der Waals surface area contributed by atoms with Crippen molar-refractivity contribution in [1.82, 2.24) is 0 Å². The number of carbonyl (C=O) groups excluding carboxylic acids is 2. The normalized spacial score (nSPS) is 16.5. The van der Waals surface area contributed by atoms with E-state index in [1.807, 2.05) is 18.2 Å². The molecule has 1 aromatic rings. The number of nitrogens with zero attached hydrogens (tertiary/aromatic N) is 1. The van der Waals surface area contributed by atoms with Gasteiger partial charge in [0.05, 0.1) is 13.2 Å². The Morgan fingerprint density at radius 2 is 1.86 bits per heavy atom. The predicted molar refractivity (Wildman–Crippen MR) is 82.3 cm³/mol. The molecule has 1 fully saturated rings. The van der Waals surface area contributed by atoms with Crippen molar-refractivity contribution in [1.29, 1.82) is 5.26 Å². The molecule has 0 spiro atoms. The van der Waals surface area contributed by atoms with E-state index in [0.717, 1.165) is 0 Å². The second-order valence-electron chi connectivity index (χ2n) is 5.79. The Hall–Kier alpha value is -2.15. The molecule has 116 valence electrons. The summed E-state index contributed by atoms with van der Waals surface area (Å²) in [7, 11) is 1.22. The van der Waals surface area contributed by atoms with Gasteiger partial charge in [0.2, 0.25) is 0 Å². The fourth-order valence-electron chi connectivity index (χ4n) is 3.00. The molecule has 0 radical (unpaired) electrons. The van der Waals surface area contributed by atoms with Gasteiger partial charge in [-0.2, -0.15) is 5.26 Å². The second-order valence-corrected chi connectivity index (χ2v) is 5.79. The number of methoxy groups -OCH3 is 1. The second kappa shape index (κ2) is 7.74. The van der Waals surface area contributed by atoms with Gasteiger partial charge in [-0.3, -0.25) is 9.59 Å². The molecule has 0 aliphatic heterocycles. The van der Waals surface area contributed by atoms with Crippen molar-refractivity contribution in [2.24, 2.45) is 5.92 Å². The average molecular weight is 299 g/mol. The lowest BCUT2D eigenvalue weighted by Gasteiger charge is -2.22. The molecule has 1 aromatic carbocycles. The van der Waals surface area contributed by atoms with Crippen molar-refractivity contribution < 1.29 is 14.3 Å². The zero-order chi connectivity index (χ0) is 15.9. The number of hydrogen-bond donors (Lipinski definition) is 0. The average Bonchev–Trinajstić information content (AvgIpc) is 2.59. The maximum absolute atomic E-state index is 12.2. The smallest absolute Gasteiger partial charge is 0.323 e. The monoisotopic (exact) mass is 299 g/mol. The topological polar surface area (TPSA) is 67.2 Å². The Morgan fingerprint density at radius 1 is 1.23 bits per heavy atom. The summed E-state index contributed by atoms with van der Waals surface area (Å²) < 4.78 is 4.52. The van der Waals surface area contributed by atoms with E-state index in [2.05, 4.69) is 4.74 Å². The molecule has 4 nitrogen and oxygen atoms in total. The Morgan fingerprint density at radius 3 is 2.41 bits per heavy atom. The van der Waals surface area contributed by atoms with Gasteiger partial charge in [0.1, 0.15) is 0 Å². The molecule has 4 heteroatoms. The highest BCUT2D eigenvalue weighted by atomic mass is 16.5. The summed E-state index contributed by atoms with van der Waals surface area (Å²) in [6.45, 7) is 0. The van der Waals surface area contributed by atoms with Gasteiger partial charge in [-0.1, -0.05) is 43.5 Å². The van der Waals surface area contributed by atoms with Gasteiger partial charge in [0.25, 0.3) is 0 Å². The number of nitriles is 1. The minimum atomic E-state index is -1.03. The number of carbonyl (C=O) groups is 2. The lowest BCUT2D eigenvalue weighted by Crippen LogP contribution is -2.18. The summed E-state index contributed by atoms with van der Waals surface area (Å²) in [5, 5.41) is 8.93. The molecule has 22 heavy (non-hydrogen) atoms. The van der Waals surface area contributed by atoms with Crippen LogP contribution in [0.3, 0.4) is 0 Å². The number of ketones is 1. The van der Waals surface area contributed by atoms with E-state index in [9.17, 15) is 9.59 Å². The molecule has 1 saturated carbocycles. The van der Waals surface area contributed by atoms with Crippen molar-refractivity contribution in [2.75, 3.05) is 7.11 Å². The third-order valence-electron chi connectivity index (χ3n) is 4.34. The van der Waals surface area contributed by atoms with Gasteiger partial charge in [0, 0.05) is 12.0 Å². The van der Waals surface area contributed by atoms with E-state index in [4.69, 9.17) is 5.26 Å². The Kier molecular flexibility index (Phi) is 5.71. The first-order valence-electron chi connectivity index (χ1n) is 7.76. The van der Waals surface area contributed by atoms with Crippen LogP contribution in [0.1, 0.15) is 60.4 Å². The van der Waals surface area contributed by atoms with Gasteiger partial charge in [-0.25, -0.2) is 0 Å². The fourth-order valence-corrected chi connectivity index (χ4v) is 3.00. The van der Waals surface area contributed by atoms with Crippen LogP contribution in [-0.2, 0) is 9.53 Å². The predicted octanol–water partition coefficient (Wildman–Crippen LogP) is 3.62. The summed E-state index contributed by atoms with van der Waals surface area (Å²) in [5.74, 6) is -1.29. The van der Waals surface area contributed by atoms with Gasteiger partial charge >= 0.3 is 5.97 Å². The van der Waals surface area contributed by atoms with Crippen LogP contribution in [0.25, 0.3) is 0 Å². The highest BCUT2D eigenvalue weighted by Crippen LogP contribution is 2.32. The lowest BCUT2D eigenvalue weighted by molar-refractivity contribution is -0.143. The number of rotatable bonds is 5. The molecule has 0 saturated heterocycles. The minimum absolute atomic E-state index is 0.133. The molecule has 0 amide bonds. The number of esters is 1. The third kappa shape index (κ3) is 3.94. The summed E-state index contributed by atoms with van der Waals surface area (Å²) in [4.78, 5) is 23.5. The van der Waals surface area contributed by atoms with E-state index >= 15 is 0 Å². The van der Waals surface area contributed by atoms with Crippen LogP contribution in [0.2, 0.25) is 0 Å². The first-order valence-corrected chi connectivity index (χ1v) is 7.76. The van der Waals surface area contributed by atoms with E-state index in [1.165, 1.54) is 44.8 Å². The maximum atomic E-state index is 12.2. The molecule has 1 aliphatic carbocycles. The minimum Gasteiger partial charge on any atom is -0.468 e. The fraction of sp³-hybridized carbons (Fsp3) is 0.500. The van der Waals surface area contributed by atoms with Crippen LogP contribution in [0.15, 0.2) is 24.3 Å². The van der Waals surface area contributed by atoms with Crippen LogP contribution >= 0.6 is 0 Å². The summed E-state index contributed by atoms with van der Waals surface area (Å²) in [6, 6.07) is 9.43. The first kappa shape index (κ1) is 16.2. The van der Waals surface area contributed by atoms with Crippen LogP contribution in [0.4, 0.5) is 0 Å². The maximum Gasteiger partial charge on any atom is 0.323 e. The van der Waals surface area contributed by atoms with Gasteiger partial charge < -0.3 is 4.74 Å². The van der Waals surface area contributed by atoms with Crippen LogP contribution in [-0.4, -0.2) is 18.9 Å². The van der Waals surface area contributed by atoms with Crippen molar-refractivity contribution in [3.8, 4) is 6.07 Å². The molecule has 1 aliphatic rings. The standard InChI is InChI=1S/C18H21NO3/c1-22-18(21)16(12-19)11-17(20)15-9-7-14(8-10-15)13-5-3-2-4-6-13/h7-10,13,16H,2-6,11H2,1H3. The van der Waals surface area contributed by atoms with Crippen LogP contribution in [0.5, 0.6) is 0 Å². The molecule has 1 unspecified atom stereocenters. The van der Waals surface area contributed by atoms with E-state index in [1.54, 1.807) is 12.1 Å². The SMILES string of the molecule is COC(=O)C(C#N)CC(=O)c1ccc(C2CCCCC2)cc1. The van der Waals surface area contributed by atoms with Crippen molar-refractivity contribution in [3.05, 3.63) is 35.4 Å².